The van der Waals surface area contributed by atoms with E-state index < -0.39 is 0 Å². The Morgan fingerprint density at radius 2 is 2.38 bits per heavy atom. The lowest BCUT2D eigenvalue weighted by molar-refractivity contribution is 0.475. The van der Waals surface area contributed by atoms with Gasteiger partial charge < -0.3 is 5.11 Å². The number of nitrogens with zero attached hydrogens (tertiary/aromatic N) is 3. The minimum atomic E-state index is -0.0387. The summed E-state index contributed by atoms with van der Waals surface area (Å²) in [6, 6.07) is 3.55. The highest BCUT2D eigenvalue weighted by atomic mass is 79.9. The first-order valence-corrected chi connectivity index (χ1v) is 4.27. The molecule has 0 aliphatic carbocycles. The van der Waals surface area contributed by atoms with Crippen LogP contribution in [-0.2, 0) is 0 Å². The van der Waals surface area contributed by atoms with E-state index in [2.05, 4.69) is 21.0 Å². The summed E-state index contributed by atoms with van der Waals surface area (Å²) >= 11 is 3.25. The molecule has 64 valence electrons. The maximum atomic E-state index is 9.56. The van der Waals surface area contributed by atoms with Gasteiger partial charge in [-0.1, -0.05) is 0 Å². The summed E-state index contributed by atoms with van der Waals surface area (Å²) < 4.78 is 2.31. The van der Waals surface area contributed by atoms with Crippen molar-refractivity contribution in [1.29, 1.82) is 5.26 Å². The van der Waals surface area contributed by atoms with Gasteiger partial charge in [-0.05, 0) is 22.0 Å². The zero-order valence-electron chi connectivity index (χ0n) is 6.40. The molecule has 0 unspecified atom stereocenters. The lowest BCUT2D eigenvalue weighted by Crippen LogP contribution is -1.90. The van der Waals surface area contributed by atoms with E-state index in [1.54, 1.807) is 12.3 Å². The molecule has 13 heavy (non-hydrogen) atoms. The summed E-state index contributed by atoms with van der Waals surface area (Å²) in [4.78, 5) is 0. The molecule has 0 radical (unpaired) electrons. The number of rotatable bonds is 0. The van der Waals surface area contributed by atoms with Crippen molar-refractivity contribution in [3.05, 3.63) is 28.5 Å². The van der Waals surface area contributed by atoms with Crippen molar-refractivity contribution in [2.45, 2.75) is 0 Å². The number of fused-ring (bicyclic) bond motifs is 1. The van der Waals surface area contributed by atoms with E-state index in [0.717, 1.165) is 4.47 Å². The number of aromatic nitrogens is 2. The van der Waals surface area contributed by atoms with Gasteiger partial charge >= 0.3 is 0 Å². The monoisotopic (exact) mass is 237 g/mol. The SMILES string of the molecule is N#Cc1cnn2cc(Br)cc2c1O. The smallest absolute Gasteiger partial charge is 0.160 e. The van der Waals surface area contributed by atoms with Crippen molar-refractivity contribution >= 4 is 21.4 Å². The third-order valence-electron chi connectivity index (χ3n) is 1.70. The van der Waals surface area contributed by atoms with Crippen molar-refractivity contribution in [2.75, 3.05) is 0 Å². The molecule has 0 spiro atoms. The summed E-state index contributed by atoms with van der Waals surface area (Å²) in [7, 11) is 0. The van der Waals surface area contributed by atoms with Crippen LogP contribution in [0.3, 0.4) is 0 Å². The number of nitriles is 1. The van der Waals surface area contributed by atoms with Crippen molar-refractivity contribution in [3.63, 3.8) is 0 Å². The minimum absolute atomic E-state index is 0.0387. The Morgan fingerprint density at radius 3 is 3.08 bits per heavy atom. The molecule has 4 nitrogen and oxygen atoms in total. The second-order valence-electron chi connectivity index (χ2n) is 2.51. The van der Waals surface area contributed by atoms with Gasteiger partial charge in [-0.25, -0.2) is 4.52 Å². The highest BCUT2D eigenvalue weighted by molar-refractivity contribution is 9.10. The fourth-order valence-corrected chi connectivity index (χ4v) is 1.50. The fraction of sp³-hybridized carbons (Fsp3) is 0. The van der Waals surface area contributed by atoms with Crippen LogP contribution in [0.15, 0.2) is 22.9 Å². The molecular formula is C8H4BrN3O. The summed E-state index contributed by atoms with van der Waals surface area (Å²) in [5.74, 6) is -0.0387. The molecule has 0 aliphatic heterocycles. The number of aromatic hydroxyl groups is 1. The molecule has 0 atom stereocenters. The molecule has 0 aromatic carbocycles. The molecule has 5 heteroatoms. The summed E-state index contributed by atoms with van der Waals surface area (Å²) in [5, 5.41) is 22.1. The Labute approximate surface area is 82.2 Å². The van der Waals surface area contributed by atoms with Gasteiger partial charge in [0.1, 0.15) is 17.1 Å². The number of hydrogen-bond donors (Lipinski definition) is 1. The number of hydrogen-bond acceptors (Lipinski definition) is 3. The predicted molar refractivity (Wildman–Crippen MR) is 49.3 cm³/mol. The maximum Gasteiger partial charge on any atom is 0.160 e. The van der Waals surface area contributed by atoms with Crippen LogP contribution in [0.5, 0.6) is 5.75 Å². The second kappa shape index (κ2) is 2.75. The average molecular weight is 238 g/mol. The van der Waals surface area contributed by atoms with Gasteiger partial charge in [-0.15, -0.1) is 0 Å². The Balaban J connectivity index is 2.87. The van der Waals surface area contributed by atoms with Crippen LogP contribution >= 0.6 is 15.9 Å². The van der Waals surface area contributed by atoms with Crippen LogP contribution in [-0.4, -0.2) is 14.7 Å². The van der Waals surface area contributed by atoms with Gasteiger partial charge in [0.05, 0.1) is 6.20 Å². The van der Waals surface area contributed by atoms with Crippen molar-refractivity contribution < 1.29 is 5.11 Å². The molecule has 2 rings (SSSR count). The molecule has 0 saturated heterocycles. The third kappa shape index (κ3) is 1.15. The summed E-state index contributed by atoms with van der Waals surface area (Å²) in [6.45, 7) is 0. The van der Waals surface area contributed by atoms with E-state index in [0.29, 0.717) is 5.52 Å². The molecule has 1 N–H and O–H groups in total. The van der Waals surface area contributed by atoms with Crippen LogP contribution in [0.4, 0.5) is 0 Å². The first-order chi connectivity index (χ1) is 6.22. The second-order valence-corrected chi connectivity index (χ2v) is 3.42. The number of halogens is 1. The first kappa shape index (κ1) is 8.08. The van der Waals surface area contributed by atoms with Gasteiger partial charge in [0.15, 0.2) is 5.75 Å². The van der Waals surface area contributed by atoms with E-state index in [4.69, 9.17) is 5.26 Å². The molecule has 0 aliphatic rings. The van der Waals surface area contributed by atoms with Crippen LogP contribution in [0.25, 0.3) is 5.52 Å². The Bertz CT molecular complexity index is 512. The van der Waals surface area contributed by atoms with Gasteiger partial charge in [0.2, 0.25) is 0 Å². The van der Waals surface area contributed by atoms with Crippen molar-refractivity contribution in [1.82, 2.24) is 9.61 Å². The van der Waals surface area contributed by atoms with E-state index >= 15 is 0 Å². The Morgan fingerprint density at radius 1 is 1.62 bits per heavy atom. The molecule has 2 aromatic heterocycles. The maximum absolute atomic E-state index is 9.56. The van der Waals surface area contributed by atoms with Crippen LogP contribution in [0.1, 0.15) is 5.56 Å². The standard InChI is InChI=1S/C8H4BrN3O/c9-6-1-7-8(13)5(2-10)3-11-12(7)4-6/h1,3-4,13H. The summed E-state index contributed by atoms with van der Waals surface area (Å²) in [5.41, 5.74) is 0.698. The highest BCUT2D eigenvalue weighted by Crippen LogP contribution is 2.25. The normalized spacial score (nSPS) is 10.2. The van der Waals surface area contributed by atoms with E-state index in [1.165, 1.54) is 10.7 Å². The van der Waals surface area contributed by atoms with Crippen LogP contribution < -0.4 is 0 Å². The van der Waals surface area contributed by atoms with Crippen molar-refractivity contribution in [3.8, 4) is 11.8 Å². The van der Waals surface area contributed by atoms with Crippen molar-refractivity contribution in [2.24, 2.45) is 0 Å². The van der Waals surface area contributed by atoms with E-state index in [9.17, 15) is 5.11 Å². The molecule has 2 aromatic rings. The quantitative estimate of drug-likeness (QED) is 0.759. The molecular weight excluding hydrogens is 234 g/mol. The summed E-state index contributed by atoms with van der Waals surface area (Å²) in [6.07, 6.45) is 3.03. The largest absolute Gasteiger partial charge is 0.504 e. The molecule has 2 heterocycles. The molecule has 0 bridgehead atoms. The van der Waals surface area contributed by atoms with Gasteiger partial charge in [0, 0.05) is 10.7 Å². The zero-order valence-corrected chi connectivity index (χ0v) is 7.98. The fourth-order valence-electron chi connectivity index (χ4n) is 1.09. The highest BCUT2D eigenvalue weighted by Gasteiger charge is 2.07. The lowest BCUT2D eigenvalue weighted by Gasteiger charge is -1.97. The molecule has 0 saturated carbocycles. The molecule has 0 fully saturated rings. The van der Waals surface area contributed by atoms with E-state index in [-0.39, 0.29) is 11.3 Å². The van der Waals surface area contributed by atoms with Crippen LogP contribution in [0.2, 0.25) is 0 Å². The lowest BCUT2D eigenvalue weighted by atomic mass is 10.3. The molecule has 0 amide bonds. The average Bonchev–Trinajstić information content (AvgIpc) is 2.47. The van der Waals surface area contributed by atoms with Gasteiger partial charge in [-0.2, -0.15) is 10.4 Å². The van der Waals surface area contributed by atoms with Gasteiger partial charge in [-0.3, -0.25) is 0 Å². The van der Waals surface area contributed by atoms with E-state index in [1.807, 2.05) is 6.07 Å². The topological polar surface area (TPSA) is 61.3 Å². The van der Waals surface area contributed by atoms with Gasteiger partial charge in [0.25, 0.3) is 0 Å². The Kier molecular flexibility index (Phi) is 1.71. The third-order valence-corrected chi connectivity index (χ3v) is 2.13. The predicted octanol–water partition coefficient (Wildman–Crippen LogP) is 1.67. The first-order valence-electron chi connectivity index (χ1n) is 3.48. The zero-order chi connectivity index (χ0) is 9.42. The minimum Gasteiger partial charge on any atom is -0.504 e. The van der Waals surface area contributed by atoms with Crippen LogP contribution in [0, 0.1) is 11.3 Å². The Hall–Kier alpha value is -1.54.